The van der Waals surface area contributed by atoms with E-state index in [2.05, 4.69) is 0 Å². The molecule has 0 aliphatic rings. The average molecular weight is 264 g/mol. The van der Waals surface area contributed by atoms with Gasteiger partial charge in [-0.15, -0.1) is 0 Å². The number of Topliss-reactive ketones (excluding diaryl/α,β-unsaturated/α-hetero) is 1. The van der Waals surface area contributed by atoms with Crippen LogP contribution in [0.5, 0.6) is 0 Å². The summed E-state index contributed by atoms with van der Waals surface area (Å²) in [5.41, 5.74) is 0. The Balaban J connectivity index is 4.30. The van der Waals surface area contributed by atoms with E-state index in [1.807, 2.05) is 6.92 Å². The fourth-order valence-corrected chi connectivity index (χ4v) is 1.20. The van der Waals surface area contributed by atoms with Crippen LogP contribution in [-0.2, 0) is 4.79 Å². The van der Waals surface area contributed by atoms with Gasteiger partial charge in [0.1, 0.15) is 0 Å². The van der Waals surface area contributed by atoms with Crippen molar-refractivity contribution in [3.8, 4) is 0 Å². The summed E-state index contributed by atoms with van der Waals surface area (Å²) in [4.78, 5) is 10.8. The smallest absolute Gasteiger partial charge is 0.296 e. The van der Waals surface area contributed by atoms with E-state index in [1.54, 1.807) is 0 Å². The van der Waals surface area contributed by atoms with Crippen LogP contribution in [0, 0.1) is 0 Å². The number of alkyl halides is 6. The van der Waals surface area contributed by atoms with Crippen molar-refractivity contribution in [3.63, 3.8) is 0 Å². The summed E-state index contributed by atoms with van der Waals surface area (Å²) in [6.45, 7) is 1.86. The van der Waals surface area contributed by atoms with E-state index < -0.39 is 30.5 Å². The first-order valence-corrected chi connectivity index (χ1v) is 5.26. The first-order valence-electron chi connectivity index (χ1n) is 5.26. The fourth-order valence-electron chi connectivity index (χ4n) is 1.20. The van der Waals surface area contributed by atoms with Gasteiger partial charge in [0.2, 0.25) is 6.17 Å². The highest BCUT2D eigenvalue weighted by Gasteiger charge is 2.65. The molecule has 1 nitrogen and oxygen atoms in total. The van der Waals surface area contributed by atoms with Gasteiger partial charge in [-0.3, -0.25) is 4.79 Å². The zero-order valence-electron chi connectivity index (χ0n) is 9.29. The molecule has 0 heterocycles. The first kappa shape index (κ1) is 16.2. The molecule has 0 aromatic rings. The Kier molecular flexibility index (Phi) is 5.98. The van der Waals surface area contributed by atoms with Crippen LogP contribution in [0.15, 0.2) is 0 Å². The molecule has 1 unspecified atom stereocenters. The molecule has 0 aliphatic carbocycles. The lowest BCUT2D eigenvalue weighted by atomic mass is 10.0. The Labute approximate surface area is 95.2 Å². The van der Waals surface area contributed by atoms with Gasteiger partial charge in [0.05, 0.1) is 0 Å². The van der Waals surface area contributed by atoms with Gasteiger partial charge >= 0.3 is 12.1 Å². The summed E-state index contributed by atoms with van der Waals surface area (Å²) in [5, 5.41) is 0. The highest BCUT2D eigenvalue weighted by molar-refractivity contribution is 5.84. The third-order valence-electron chi connectivity index (χ3n) is 2.26. The maximum absolute atomic E-state index is 12.8. The van der Waals surface area contributed by atoms with Crippen LogP contribution in [0.25, 0.3) is 0 Å². The molecule has 0 rings (SSSR count). The number of halogens is 6. The summed E-state index contributed by atoms with van der Waals surface area (Å²) in [7, 11) is 0. The predicted octanol–water partition coefficient (Wildman–Crippen LogP) is 4.06. The van der Waals surface area contributed by atoms with E-state index in [1.165, 1.54) is 0 Å². The molecule has 0 N–H and O–H groups in total. The van der Waals surface area contributed by atoms with E-state index in [-0.39, 0.29) is 6.42 Å². The number of unbranched alkanes of at least 4 members (excludes halogenated alkanes) is 3. The summed E-state index contributed by atoms with van der Waals surface area (Å²) >= 11 is 0. The van der Waals surface area contributed by atoms with E-state index in [0.717, 1.165) is 12.8 Å². The van der Waals surface area contributed by atoms with Gasteiger partial charge in [0.25, 0.3) is 0 Å². The predicted molar refractivity (Wildman–Crippen MR) is 49.7 cm³/mol. The average Bonchev–Trinajstić information content (AvgIpc) is 2.21. The van der Waals surface area contributed by atoms with Crippen LogP contribution in [0.3, 0.4) is 0 Å². The standard InChI is InChI=1S/C10H14F6O/c1-2-3-4-5-6-7(17)8(11)9(12,13)10(14,15)16/h8H,2-6H2,1H3. The molecule has 0 bridgehead atoms. The second-order valence-corrected chi connectivity index (χ2v) is 3.76. The third-order valence-corrected chi connectivity index (χ3v) is 2.26. The molecular weight excluding hydrogens is 250 g/mol. The molecular formula is C10H14F6O. The Morgan fingerprint density at radius 2 is 1.59 bits per heavy atom. The molecule has 0 fully saturated rings. The summed E-state index contributed by atoms with van der Waals surface area (Å²) in [6, 6.07) is 0. The van der Waals surface area contributed by atoms with Crippen molar-refractivity contribution in [2.75, 3.05) is 0 Å². The summed E-state index contributed by atoms with van der Waals surface area (Å²) in [6.07, 6.45) is -8.26. The van der Waals surface area contributed by atoms with Crippen molar-refractivity contribution in [1.82, 2.24) is 0 Å². The number of hydrogen-bond acceptors (Lipinski definition) is 1. The lowest BCUT2D eigenvalue weighted by Crippen LogP contribution is -2.48. The highest BCUT2D eigenvalue weighted by Crippen LogP contribution is 2.40. The lowest BCUT2D eigenvalue weighted by molar-refractivity contribution is -0.298. The van der Waals surface area contributed by atoms with Gasteiger partial charge in [0, 0.05) is 6.42 Å². The molecule has 0 radical (unpaired) electrons. The number of ketones is 1. The van der Waals surface area contributed by atoms with Crippen LogP contribution >= 0.6 is 0 Å². The van der Waals surface area contributed by atoms with Crippen molar-refractivity contribution in [3.05, 3.63) is 0 Å². The molecule has 102 valence electrons. The third kappa shape index (κ3) is 4.55. The van der Waals surface area contributed by atoms with Crippen molar-refractivity contribution in [1.29, 1.82) is 0 Å². The van der Waals surface area contributed by atoms with Crippen molar-refractivity contribution < 1.29 is 31.1 Å². The molecule has 0 amide bonds. The molecule has 0 aromatic heterocycles. The fraction of sp³-hybridized carbons (Fsp3) is 0.900. The second kappa shape index (κ2) is 6.26. The highest BCUT2D eigenvalue weighted by atomic mass is 19.4. The van der Waals surface area contributed by atoms with E-state index in [0.29, 0.717) is 6.42 Å². The Morgan fingerprint density at radius 1 is 1.06 bits per heavy atom. The van der Waals surface area contributed by atoms with Crippen LogP contribution in [0.4, 0.5) is 26.3 Å². The first-order chi connectivity index (χ1) is 7.64. The zero-order valence-corrected chi connectivity index (χ0v) is 9.29. The van der Waals surface area contributed by atoms with Gasteiger partial charge in [-0.1, -0.05) is 26.2 Å². The normalized spacial score (nSPS) is 14.8. The van der Waals surface area contributed by atoms with Gasteiger partial charge < -0.3 is 0 Å². The molecule has 1 atom stereocenters. The molecule has 0 saturated carbocycles. The zero-order chi connectivity index (χ0) is 13.7. The Bertz CT molecular complexity index is 248. The molecule has 0 aliphatic heterocycles. The van der Waals surface area contributed by atoms with Crippen LogP contribution < -0.4 is 0 Å². The molecule has 0 saturated heterocycles. The maximum atomic E-state index is 12.8. The molecule has 17 heavy (non-hydrogen) atoms. The van der Waals surface area contributed by atoms with Crippen molar-refractivity contribution in [2.24, 2.45) is 0 Å². The monoisotopic (exact) mass is 264 g/mol. The molecule has 0 aromatic carbocycles. The Hall–Kier alpha value is -0.750. The quantitative estimate of drug-likeness (QED) is 0.500. The maximum Gasteiger partial charge on any atom is 0.456 e. The molecule has 7 heteroatoms. The Morgan fingerprint density at radius 3 is 2.00 bits per heavy atom. The number of hydrogen-bond donors (Lipinski definition) is 0. The lowest BCUT2D eigenvalue weighted by Gasteiger charge is -2.22. The summed E-state index contributed by atoms with van der Waals surface area (Å²) in [5.74, 6) is -7.29. The van der Waals surface area contributed by atoms with Gasteiger partial charge in [-0.05, 0) is 6.42 Å². The van der Waals surface area contributed by atoms with Gasteiger partial charge in [0.15, 0.2) is 5.78 Å². The minimum absolute atomic E-state index is 0.126. The topological polar surface area (TPSA) is 17.1 Å². The van der Waals surface area contributed by atoms with Gasteiger partial charge in [-0.2, -0.15) is 22.0 Å². The van der Waals surface area contributed by atoms with Crippen molar-refractivity contribution in [2.45, 2.75) is 57.3 Å². The number of rotatable bonds is 7. The number of carbonyl (C=O) groups is 1. The van der Waals surface area contributed by atoms with E-state index in [9.17, 15) is 31.1 Å². The molecule has 0 spiro atoms. The largest absolute Gasteiger partial charge is 0.456 e. The van der Waals surface area contributed by atoms with Crippen LogP contribution in [0.1, 0.15) is 39.0 Å². The van der Waals surface area contributed by atoms with E-state index >= 15 is 0 Å². The van der Waals surface area contributed by atoms with Crippen molar-refractivity contribution >= 4 is 5.78 Å². The minimum atomic E-state index is -6.04. The van der Waals surface area contributed by atoms with Crippen LogP contribution in [0.2, 0.25) is 0 Å². The van der Waals surface area contributed by atoms with Crippen LogP contribution in [-0.4, -0.2) is 24.1 Å². The summed E-state index contributed by atoms with van der Waals surface area (Å²) < 4.78 is 72.9. The second-order valence-electron chi connectivity index (χ2n) is 3.76. The van der Waals surface area contributed by atoms with Gasteiger partial charge in [-0.25, -0.2) is 4.39 Å². The minimum Gasteiger partial charge on any atom is -0.296 e. The SMILES string of the molecule is CCCCCCC(=O)C(F)C(F)(F)C(F)(F)F. The van der Waals surface area contributed by atoms with E-state index in [4.69, 9.17) is 0 Å². The number of carbonyl (C=O) groups excluding carboxylic acids is 1.